The van der Waals surface area contributed by atoms with Crippen molar-refractivity contribution in [1.29, 1.82) is 0 Å². The molecule has 0 radical (unpaired) electrons. The Hall–Kier alpha value is -2.37. The van der Waals surface area contributed by atoms with E-state index >= 15 is 0 Å². The molecule has 0 N–H and O–H groups in total. The van der Waals surface area contributed by atoms with Gasteiger partial charge in [0.1, 0.15) is 5.84 Å². The first-order valence-electron chi connectivity index (χ1n) is 10.8. The lowest BCUT2D eigenvalue weighted by Gasteiger charge is -2.36. The first-order valence-corrected chi connectivity index (χ1v) is 11.1. The van der Waals surface area contributed by atoms with Crippen molar-refractivity contribution in [2.45, 2.75) is 20.8 Å². The molecule has 0 atom stereocenters. The maximum absolute atomic E-state index is 12.7. The summed E-state index contributed by atoms with van der Waals surface area (Å²) in [5, 5.41) is 0.673. The van der Waals surface area contributed by atoms with Crippen molar-refractivity contribution in [3.63, 3.8) is 0 Å². The molecule has 6 heteroatoms. The third-order valence-corrected chi connectivity index (χ3v) is 5.84. The average Bonchev–Trinajstić information content (AvgIpc) is 2.78. The predicted molar refractivity (Wildman–Crippen MR) is 125 cm³/mol. The van der Waals surface area contributed by atoms with Crippen LogP contribution in [0.5, 0.6) is 0 Å². The van der Waals surface area contributed by atoms with Gasteiger partial charge in [0.15, 0.2) is 0 Å². The van der Waals surface area contributed by atoms with Crippen molar-refractivity contribution in [1.82, 2.24) is 14.7 Å². The molecule has 3 rings (SSSR count). The molecule has 1 fully saturated rings. The van der Waals surface area contributed by atoms with Crippen LogP contribution in [0, 0.1) is 0 Å². The zero-order valence-corrected chi connectivity index (χ0v) is 18.9. The smallest absolute Gasteiger partial charge is 0.253 e. The number of carbonyl (C=O) groups is 1. The van der Waals surface area contributed by atoms with Crippen LogP contribution in [0.1, 0.15) is 36.7 Å². The van der Waals surface area contributed by atoms with Crippen LogP contribution < -0.4 is 0 Å². The monoisotopic (exact) mass is 426 g/mol. The van der Waals surface area contributed by atoms with E-state index in [1.54, 1.807) is 0 Å². The summed E-state index contributed by atoms with van der Waals surface area (Å²) in [6.07, 6.45) is 0. The van der Waals surface area contributed by atoms with E-state index < -0.39 is 0 Å². The van der Waals surface area contributed by atoms with Crippen LogP contribution in [0.25, 0.3) is 0 Å². The minimum atomic E-state index is 0.0661. The second kappa shape index (κ2) is 10.6. The molecule has 2 aromatic rings. The second-order valence-corrected chi connectivity index (χ2v) is 7.83. The van der Waals surface area contributed by atoms with Crippen LogP contribution in [0.3, 0.4) is 0 Å². The van der Waals surface area contributed by atoms with E-state index in [0.717, 1.165) is 49.8 Å². The molecule has 2 aromatic carbocycles. The fourth-order valence-electron chi connectivity index (χ4n) is 3.72. The SMILES string of the molecule is CCN1CCN(/C(=N\c2cccc(Cl)c2)c2ccc(C(=O)N(CC)CC)cc2)CC1. The Bertz CT molecular complexity index is 869. The largest absolute Gasteiger partial charge is 0.354 e. The van der Waals surface area contributed by atoms with Crippen molar-refractivity contribution in [3.8, 4) is 0 Å². The van der Waals surface area contributed by atoms with E-state index in [4.69, 9.17) is 16.6 Å². The van der Waals surface area contributed by atoms with E-state index in [0.29, 0.717) is 23.7 Å². The highest BCUT2D eigenvalue weighted by Gasteiger charge is 2.21. The molecule has 1 aliphatic heterocycles. The number of rotatable bonds is 6. The molecular formula is C24H31ClN4O. The van der Waals surface area contributed by atoms with E-state index in [2.05, 4.69) is 16.7 Å². The van der Waals surface area contributed by atoms with E-state index in [-0.39, 0.29) is 5.91 Å². The molecule has 0 unspecified atom stereocenters. The van der Waals surface area contributed by atoms with Crippen LogP contribution in [0.2, 0.25) is 5.02 Å². The van der Waals surface area contributed by atoms with Crippen LogP contribution in [0.4, 0.5) is 5.69 Å². The molecule has 5 nitrogen and oxygen atoms in total. The van der Waals surface area contributed by atoms with Gasteiger partial charge in [0.25, 0.3) is 5.91 Å². The Labute approximate surface area is 185 Å². The number of hydrogen-bond acceptors (Lipinski definition) is 3. The number of piperazine rings is 1. The zero-order valence-electron chi connectivity index (χ0n) is 18.1. The van der Waals surface area contributed by atoms with Gasteiger partial charge in [-0.25, -0.2) is 4.99 Å². The first kappa shape index (κ1) is 22.3. The molecule has 0 saturated carbocycles. The molecule has 30 heavy (non-hydrogen) atoms. The predicted octanol–water partition coefficient (Wildman–Crippen LogP) is 4.54. The summed E-state index contributed by atoms with van der Waals surface area (Å²) >= 11 is 6.18. The summed E-state index contributed by atoms with van der Waals surface area (Å²) in [5.41, 5.74) is 2.55. The second-order valence-electron chi connectivity index (χ2n) is 7.39. The van der Waals surface area contributed by atoms with E-state index in [1.807, 2.05) is 67.3 Å². The minimum Gasteiger partial charge on any atom is -0.354 e. The molecule has 0 aromatic heterocycles. The standard InChI is InChI=1S/C24H31ClN4O/c1-4-27-14-16-29(17-15-27)23(26-22-9-7-8-21(25)18-22)19-10-12-20(13-11-19)24(30)28(5-2)6-3/h7-13,18H,4-6,14-17H2,1-3H3/b26-23-. The number of benzene rings is 2. The summed E-state index contributed by atoms with van der Waals surface area (Å²) in [6, 6.07) is 15.4. The number of amidine groups is 1. The molecule has 0 aliphatic carbocycles. The molecule has 160 valence electrons. The third-order valence-electron chi connectivity index (χ3n) is 5.60. The normalized spacial score (nSPS) is 15.3. The third kappa shape index (κ3) is 5.41. The lowest BCUT2D eigenvalue weighted by atomic mass is 10.1. The quantitative estimate of drug-likeness (QED) is 0.503. The molecule has 0 spiro atoms. The maximum atomic E-state index is 12.7. The number of hydrogen-bond donors (Lipinski definition) is 0. The van der Waals surface area contributed by atoms with Crippen molar-refractivity contribution in [2.75, 3.05) is 45.8 Å². The average molecular weight is 427 g/mol. The van der Waals surface area contributed by atoms with Gasteiger partial charge in [-0.2, -0.15) is 0 Å². The van der Waals surface area contributed by atoms with Gasteiger partial charge in [0.05, 0.1) is 5.69 Å². The fourth-order valence-corrected chi connectivity index (χ4v) is 3.90. The number of carbonyl (C=O) groups excluding carboxylic acids is 1. The van der Waals surface area contributed by atoms with Crippen LogP contribution >= 0.6 is 11.6 Å². The molecule has 1 amide bonds. The van der Waals surface area contributed by atoms with Gasteiger partial charge in [-0.3, -0.25) is 4.79 Å². The summed E-state index contributed by atoms with van der Waals surface area (Å²) in [5.74, 6) is 0.992. The Balaban J connectivity index is 1.91. The van der Waals surface area contributed by atoms with E-state index in [1.165, 1.54) is 0 Å². The molecule has 1 saturated heterocycles. The van der Waals surface area contributed by atoms with Crippen molar-refractivity contribution < 1.29 is 4.79 Å². The maximum Gasteiger partial charge on any atom is 0.253 e. The number of nitrogens with zero attached hydrogens (tertiary/aromatic N) is 4. The fraction of sp³-hybridized carbons (Fsp3) is 0.417. The van der Waals surface area contributed by atoms with E-state index in [9.17, 15) is 4.79 Å². The van der Waals surface area contributed by atoms with Crippen LogP contribution in [-0.4, -0.2) is 72.3 Å². The number of aliphatic imine (C=N–C) groups is 1. The highest BCUT2D eigenvalue weighted by Crippen LogP contribution is 2.21. The molecular weight excluding hydrogens is 396 g/mol. The van der Waals surface area contributed by atoms with Crippen LogP contribution in [0.15, 0.2) is 53.5 Å². The molecule has 1 aliphatic rings. The van der Waals surface area contributed by atoms with Gasteiger partial charge in [0.2, 0.25) is 0 Å². The summed E-state index contributed by atoms with van der Waals surface area (Å²) < 4.78 is 0. The van der Waals surface area contributed by atoms with Gasteiger partial charge in [-0.15, -0.1) is 0 Å². The van der Waals surface area contributed by atoms with Gasteiger partial charge >= 0.3 is 0 Å². The number of amides is 1. The zero-order chi connectivity index (χ0) is 21.5. The highest BCUT2D eigenvalue weighted by atomic mass is 35.5. The molecule has 0 bridgehead atoms. The van der Waals surface area contributed by atoms with Gasteiger partial charge in [-0.1, -0.05) is 36.7 Å². The topological polar surface area (TPSA) is 39.1 Å². The number of halogens is 1. The number of likely N-dealkylation sites (N-methyl/N-ethyl adjacent to an activating group) is 1. The molecule has 1 heterocycles. The van der Waals surface area contributed by atoms with Crippen LogP contribution in [-0.2, 0) is 0 Å². The minimum absolute atomic E-state index is 0.0661. The Morgan fingerprint density at radius 3 is 2.17 bits per heavy atom. The van der Waals surface area contributed by atoms with Crippen molar-refractivity contribution in [2.24, 2.45) is 4.99 Å². The van der Waals surface area contributed by atoms with Gasteiger partial charge < -0.3 is 14.7 Å². The van der Waals surface area contributed by atoms with Gasteiger partial charge in [0, 0.05) is 55.4 Å². The summed E-state index contributed by atoms with van der Waals surface area (Å²) in [6.45, 7) is 12.6. The summed E-state index contributed by atoms with van der Waals surface area (Å²) in [7, 11) is 0. The Kier molecular flexibility index (Phi) is 7.88. The van der Waals surface area contributed by atoms with Crippen molar-refractivity contribution in [3.05, 3.63) is 64.7 Å². The first-order chi connectivity index (χ1) is 14.5. The highest BCUT2D eigenvalue weighted by molar-refractivity contribution is 6.30. The van der Waals surface area contributed by atoms with Gasteiger partial charge in [-0.05, 0) is 50.7 Å². The lowest BCUT2D eigenvalue weighted by molar-refractivity contribution is 0.0773. The Morgan fingerprint density at radius 1 is 0.967 bits per heavy atom. The Morgan fingerprint density at radius 2 is 1.60 bits per heavy atom. The lowest BCUT2D eigenvalue weighted by Crippen LogP contribution is -2.48. The van der Waals surface area contributed by atoms with Crippen molar-refractivity contribution >= 4 is 29.0 Å². The summed E-state index contributed by atoms with van der Waals surface area (Å²) in [4.78, 5) is 24.2.